The van der Waals surface area contributed by atoms with Crippen LogP contribution in [0.4, 0.5) is 0 Å². The van der Waals surface area contributed by atoms with Crippen LogP contribution < -0.4 is 0 Å². The smallest absolute Gasteiger partial charge is 0.177 e. The fraction of sp³-hybridized carbons (Fsp3) is 0.900. The third-order valence-corrected chi connectivity index (χ3v) is 9.21. The molecular weight excluding hydrogens is 320 g/mol. The second kappa shape index (κ2) is 4.68. The van der Waals surface area contributed by atoms with E-state index >= 15 is 0 Å². The largest absolute Gasteiger partial charge is 0.396 e. The molecule has 6 rings (SSSR count). The van der Waals surface area contributed by atoms with Gasteiger partial charge in [-0.15, -0.1) is 0 Å². The van der Waals surface area contributed by atoms with E-state index in [4.69, 9.17) is 4.74 Å². The van der Waals surface area contributed by atoms with Crippen LogP contribution in [0.2, 0.25) is 0 Å². The van der Waals surface area contributed by atoms with Crippen molar-refractivity contribution in [1.29, 1.82) is 0 Å². The highest BCUT2D eigenvalue weighted by Crippen LogP contribution is 2.77. The third-order valence-electron chi connectivity index (χ3n) is 9.21. The van der Waals surface area contributed by atoms with Crippen molar-refractivity contribution >= 4 is 0 Å². The van der Waals surface area contributed by atoms with E-state index in [2.05, 4.69) is 13.5 Å². The molecule has 2 aliphatic heterocycles. The van der Waals surface area contributed by atoms with Crippen LogP contribution in [0.3, 0.4) is 0 Å². The number of aliphatic hydroxyl groups is 4. The summed E-state index contributed by atoms with van der Waals surface area (Å²) in [6, 6.07) is 0. The summed E-state index contributed by atoms with van der Waals surface area (Å²) < 4.78 is 6.05. The van der Waals surface area contributed by atoms with Crippen LogP contribution in [0.15, 0.2) is 12.2 Å². The molecule has 5 heteroatoms. The number of rotatable bonds is 1. The van der Waals surface area contributed by atoms with Gasteiger partial charge in [0.2, 0.25) is 0 Å². The molecular formula is C20H30O5. The monoisotopic (exact) mass is 350 g/mol. The van der Waals surface area contributed by atoms with Crippen LogP contribution in [0.5, 0.6) is 0 Å². The summed E-state index contributed by atoms with van der Waals surface area (Å²) in [5.74, 6) is -1.54. The molecule has 4 aliphatic carbocycles. The molecule has 5 nitrogen and oxygen atoms in total. The molecule has 0 aromatic heterocycles. The minimum absolute atomic E-state index is 0.00387. The first-order valence-corrected chi connectivity index (χ1v) is 9.79. The van der Waals surface area contributed by atoms with Crippen molar-refractivity contribution in [3.8, 4) is 0 Å². The third kappa shape index (κ3) is 1.53. The maximum absolute atomic E-state index is 11.6. The SMILES string of the molecule is C=C1[C@@H](O)[C@]23[C@H](O)[C@H]1CC[C@H]2[C@]12CCC[C@](C)(CO)[C@H]1C[C@]3(O)OC2. The van der Waals surface area contributed by atoms with Gasteiger partial charge in [0.1, 0.15) is 0 Å². The molecule has 0 radical (unpaired) electrons. The van der Waals surface area contributed by atoms with Gasteiger partial charge in [-0.2, -0.15) is 0 Å². The lowest BCUT2D eigenvalue weighted by Crippen LogP contribution is -2.79. The molecule has 2 spiro atoms. The first-order chi connectivity index (χ1) is 11.8. The van der Waals surface area contributed by atoms with Gasteiger partial charge in [0, 0.05) is 24.4 Å². The summed E-state index contributed by atoms with van der Waals surface area (Å²) in [6.45, 7) is 6.76. The second-order valence-electron chi connectivity index (χ2n) is 9.82. The summed E-state index contributed by atoms with van der Waals surface area (Å²) in [6.07, 6.45) is 3.28. The molecule has 0 aromatic rings. The molecule has 0 aromatic carbocycles. The lowest BCUT2D eigenvalue weighted by molar-refractivity contribution is -0.438. The highest BCUT2D eigenvalue weighted by molar-refractivity contribution is 5.35. The molecule has 6 aliphatic rings. The first-order valence-electron chi connectivity index (χ1n) is 9.79. The Kier molecular flexibility index (Phi) is 3.13. The van der Waals surface area contributed by atoms with Crippen molar-refractivity contribution in [2.24, 2.45) is 34.0 Å². The van der Waals surface area contributed by atoms with Gasteiger partial charge in [0.25, 0.3) is 0 Å². The molecule has 4 bridgehead atoms. The Morgan fingerprint density at radius 1 is 1.20 bits per heavy atom. The molecule has 6 fully saturated rings. The van der Waals surface area contributed by atoms with E-state index < -0.39 is 23.4 Å². The average Bonchev–Trinajstić information content (AvgIpc) is 2.71. The molecule has 140 valence electrons. The van der Waals surface area contributed by atoms with E-state index in [-0.39, 0.29) is 35.2 Å². The number of hydrogen-bond acceptors (Lipinski definition) is 5. The van der Waals surface area contributed by atoms with Crippen molar-refractivity contribution in [3.63, 3.8) is 0 Å². The van der Waals surface area contributed by atoms with E-state index in [1.807, 2.05) is 0 Å². The maximum Gasteiger partial charge on any atom is 0.177 e. The predicted octanol–water partition coefficient (Wildman–Crippen LogP) is 1.20. The van der Waals surface area contributed by atoms with Crippen molar-refractivity contribution < 1.29 is 25.2 Å². The van der Waals surface area contributed by atoms with Crippen molar-refractivity contribution in [3.05, 3.63) is 12.2 Å². The highest BCUT2D eigenvalue weighted by Gasteiger charge is 2.82. The molecule has 25 heavy (non-hydrogen) atoms. The van der Waals surface area contributed by atoms with Crippen LogP contribution in [0, 0.1) is 34.0 Å². The van der Waals surface area contributed by atoms with Gasteiger partial charge in [0.15, 0.2) is 5.79 Å². The van der Waals surface area contributed by atoms with Crippen LogP contribution in [0.25, 0.3) is 0 Å². The Bertz CT molecular complexity index is 636. The Balaban J connectivity index is 1.72. The van der Waals surface area contributed by atoms with E-state index in [1.54, 1.807) is 0 Å². The number of ether oxygens (including phenoxy) is 1. The second-order valence-corrected chi connectivity index (χ2v) is 9.82. The average molecular weight is 350 g/mol. The van der Waals surface area contributed by atoms with Crippen molar-refractivity contribution in [2.45, 2.75) is 63.4 Å². The highest BCUT2D eigenvalue weighted by atomic mass is 16.6. The Labute approximate surface area is 148 Å². The van der Waals surface area contributed by atoms with Gasteiger partial charge in [-0.05, 0) is 48.5 Å². The Hall–Kier alpha value is -0.460. The van der Waals surface area contributed by atoms with Crippen LogP contribution in [0.1, 0.15) is 45.4 Å². The molecule has 4 N–H and O–H groups in total. The van der Waals surface area contributed by atoms with Gasteiger partial charge in [-0.3, -0.25) is 0 Å². The zero-order chi connectivity index (χ0) is 17.8. The van der Waals surface area contributed by atoms with E-state index in [9.17, 15) is 20.4 Å². The molecule has 0 amide bonds. The normalized spacial score (nSPS) is 62.6. The molecule has 9 atom stereocenters. The Morgan fingerprint density at radius 2 is 1.96 bits per heavy atom. The fourth-order valence-electron chi connectivity index (χ4n) is 8.10. The molecule has 0 unspecified atom stereocenters. The molecule has 2 heterocycles. The quantitative estimate of drug-likeness (QED) is 0.534. The summed E-state index contributed by atoms with van der Waals surface area (Å²) in [5, 5.41) is 44.1. The van der Waals surface area contributed by atoms with E-state index in [0.29, 0.717) is 18.6 Å². The van der Waals surface area contributed by atoms with Crippen LogP contribution >= 0.6 is 0 Å². The van der Waals surface area contributed by atoms with Gasteiger partial charge >= 0.3 is 0 Å². The van der Waals surface area contributed by atoms with Gasteiger partial charge in [-0.25, -0.2) is 0 Å². The van der Waals surface area contributed by atoms with Gasteiger partial charge in [-0.1, -0.05) is 19.9 Å². The van der Waals surface area contributed by atoms with Crippen LogP contribution in [-0.2, 0) is 4.74 Å². The van der Waals surface area contributed by atoms with Crippen molar-refractivity contribution in [1.82, 2.24) is 0 Å². The standard InChI is InChI=1S/C20H30O5/c1-11-12-4-5-13-18-7-3-6-17(2,9-21)14(18)8-19(24,25-10-18)20(13,15(11)22)16(12)23/h12-16,21-24H,1,3-10H2,2H3/t12-,13-,14+,15+,16+,17+,18+,19-,20-/m0/s1. The van der Waals surface area contributed by atoms with E-state index in [1.165, 1.54) is 0 Å². The summed E-state index contributed by atoms with van der Waals surface area (Å²) in [4.78, 5) is 0. The predicted molar refractivity (Wildman–Crippen MR) is 90.3 cm³/mol. The molecule has 2 saturated heterocycles. The van der Waals surface area contributed by atoms with E-state index in [0.717, 1.165) is 32.1 Å². The minimum Gasteiger partial charge on any atom is -0.396 e. The summed E-state index contributed by atoms with van der Waals surface area (Å²) in [7, 11) is 0. The van der Waals surface area contributed by atoms with Crippen LogP contribution in [-0.4, -0.2) is 51.6 Å². The Morgan fingerprint density at radius 3 is 2.68 bits per heavy atom. The fourth-order valence-corrected chi connectivity index (χ4v) is 8.10. The topological polar surface area (TPSA) is 90.2 Å². The zero-order valence-electron chi connectivity index (χ0n) is 14.9. The molecule has 4 saturated carbocycles. The lowest BCUT2D eigenvalue weighted by Gasteiger charge is -2.73. The number of hydrogen-bond donors (Lipinski definition) is 4. The maximum atomic E-state index is 11.6. The minimum atomic E-state index is -1.55. The summed E-state index contributed by atoms with van der Waals surface area (Å²) in [5.41, 5.74) is -0.819. The number of aliphatic hydroxyl groups excluding tert-OH is 3. The summed E-state index contributed by atoms with van der Waals surface area (Å²) >= 11 is 0. The van der Waals surface area contributed by atoms with Crippen molar-refractivity contribution in [2.75, 3.05) is 13.2 Å². The van der Waals surface area contributed by atoms with Gasteiger partial charge in [0.05, 0.1) is 24.2 Å². The zero-order valence-corrected chi connectivity index (χ0v) is 14.9. The first kappa shape index (κ1) is 16.7. The number of fused-ring (bicyclic) bond motifs is 2. The van der Waals surface area contributed by atoms with Gasteiger partial charge < -0.3 is 25.2 Å². The lowest BCUT2D eigenvalue weighted by atomic mass is 9.37.